The van der Waals surface area contributed by atoms with Crippen molar-refractivity contribution in [1.82, 2.24) is 0 Å². The number of hydrogen-bond acceptors (Lipinski definition) is 2. The zero-order valence-electron chi connectivity index (χ0n) is 15.5. The number of carbonyl (C=O) groups is 1. The Bertz CT molecular complexity index is 928. The molecule has 2 aliphatic rings. The van der Waals surface area contributed by atoms with Gasteiger partial charge in [-0.25, -0.2) is 4.79 Å². The lowest BCUT2D eigenvalue weighted by Crippen LogP contribution is -2.04. The van der Waals surface area contributed by atoms with Crippen molar-refractivity contribution in [3.63, 3.8) is 0 Å². The Balaban J connectivity index is 1.65. The molecule has 0 radical (unpaired) electrons. The van der Waals surface area contributed by atoms with Crippen LogP contribution < -0.4 is 0 Å². The summed E-state index contributed by atoms with van der Waals surface area (Å²) in [5, 5.41) is 0. The minimum absolute atomic E-state index is 0.273. The fourth-order valence-electron chi connectivity index (χ4n) is 4.52. The molecule has 140 valence electrons. The van der Waals surface area contributed by atoms with Gasteiger partial charge in [0.25, 0.3) is 0 Å². The van der Waals surface area contributed by atoms with Gasteiger partial charge in [-0.05, 0) is 107 Å². The summed E-state index contributed by atoms with van der Waals surface area (Å²) in [6, 6.07) is 9.83. The summed E-state index contributed by atoms with van der Waals surface area (Å²) in [5.74, 6) is 1.15. The third-order valence-electron chi connectivity index (χ3n) is 5.77. The van der Waals surface area contributed by atoms with Crippen LogP contribution in [0.1, 0.15) is 77.6 Å². The molecule has 2 aromatic carbocycles. The predicted octanol–water partition coefficient (Wildman–Crippen LogP) is 7.31. The molecule has 4 heteroatoms. The molecule has 1 saturated carbocycles. The molecule has 2 unspecified atom stereocenters. The Labute approximate surface area is 177 Å². The lowest BCUT2D eigenvalue weighted by atomic mass is 9.89. The summed E-state index contributed by atoms with van der Waals surface area (Å²) < 4.78 is 7.55. The third-order valence-corrected chi connectivity index (χ3v) is 7.28. The lowest BCUT2D eigenvalue weighted by Gasteiger charge is -2.21. The highest BCUT2D eigenvalue weighted by atomic mass is 79.9. The van der Waals surface area contributed by atoms with Crippen molar-refractivity contribution in [2.45, 2.75) is 44.9 Å². The Kier molecular flexibility index (Phi) is 5.30. The van der Waals surface area contributed by atoms with E-state index in [0.717, 1.165) is 11.5 Å². The van der Waals surface area contributed by atoms with Crippen LogP contribution in [0, 0.1) is 0 Å². The van der Waals surface area contributed by atoms with Gasteiger partial charge in [-0.15, -0.1) is 0 Å². The van der Waals surface area contributed by atoms with Crippen molar-refractivity contribution in [2.24, 2.45) is 0 Å². The van der Waals surface area contributed by atoms with Crippen LogP contribution in [0.15, 0.2) is 39.3 Å². The number of carbonyl (C=O) groups excluding carboxylic acids is 1. The van der Waals surface area contributed by atoms with Crippen LogP contribution >= 0.6 is 31.9 Å². The highest BCUT2D eigenvalue weighted by Crippen LogP contribution is 2.58. The molecule has 0 heterocycles. The lowest BCUT2D eigenvalue weighted by molar-refractivity contribution is 0.0526. The Morgan fingerprint density at radius 3 is 2.48 bits per heavy atom. The van der Waals surface area contributed by atoms with E-state index in [0.29, 0.717) is 18.1 Å². The number of benzene rings is 2. The zero-order valence-corrected chi connectivity index (χ0v) is 18.7. The molecule has 0 aliphatic heterocycles. The van der Waals surface area contributed by atoms with E-state index in [1.165, 1.54) is 50.5 Å². The summed E-state index contributed by atoms with van der Waals surface area (Å²) in [6.45, 7) is 4.35. The van der Waals surface area contributed by atoms with Crippen LogP contribution in [0.25, 0.3) is 11.6 Å². The first-order valence-electron chi connectivity index (χ1n) is 9.47. The Morgan fingerprint density at radius 1 is 1.15 bits per heavy atom. The number of allylic oxidation sites excluding steroid dienone is 1. The number of esters is 1. The first-order valence-corrected chi connectivity index (χ1v) is 11.1. The SMILES string of the molecule is CCOC(=O)c1ccc(/C=C(/C)c2cc(Br)c3c(c2Br)C2CCC3C2)cc1. The second-order valence-corrected chi connectivity index (χ2v) is 9.07. The summed E-state index contributed by atoms with van der Waals surface area (Å²) in [7, 11) is 0. The monoisotopic (exact) mass is 488 g/mol. The number of hydrogen-bond donors (Lipinski definition) is 0. The molecule has 0 amide bonds. The van der Waals surface area contributed by atoms with Crippen molar-refractivity contribution in [2.75, 3.05) is 6.61 Å². The molecule has 0 spiro atoms. The van der Waals surface area contributed by atoms with Crippen LogP contribution in [0.2, 0.25) is 0 Å². The van der Waals surface area contributed by atoms with Crippen LogP contribution in [-0.2, 0) is 4.74 Å². The molecule has 2 aromatic rings. The fraction of sp³-hybridized carbons (Fsp3) is 0.348. The molecular weight excluding hydrogens is 468 g/mol. The van der Waals surface area contributed by atoms with Gasteiger partial charge in [-0.1, -0.05) is 34.1 Å². The maximum absolute atomic E-state index is 11.8. The molecule has 4 rings (SSSR count). The van der Waals surface area contributed by atoms with Gasteiger partial charge < -0.3 is 4.74 Å². The topological polar surface area (TPSA) is 26.3 Å². The van der Waals surface area contributed by atoms with E-state index < -0.39 is 0 Å². The van der Waals surface area contributed by atoms with Crippen LogP contribution in [0.5, 0.6) is 0 Å². The summed E-state index contributed by atoms with van der Waals surface area (Å²) >= 11 is 7.74. The molecule has 2 nitrogen and oxygen atoms in total. The maximum atomic E-state index is 11.8. The van der Waals surface area contributed by atoms with E-state index in [1.807, 2.05) is 31.2 Å². The van der Waals surface area contributed by atoms with Gasteiger partial charge in [0.2, 0.25) is 0 Å². The molecular formula is C23H22Br2O2. The molecule has 1 fully saturated rings. The van der Waals surface area contributed by atoms with Gasteiger partial charge in [0.1, 0.15) is 0 Å². The minimum atomic E-state index is -0.273. The quantitative estimate of drug-likeness (QED) is 0.332. The van der Waals surface area contributed by atoms with E-state index in [2.05, 4.69) is 50.9 Å². The molecule has 2 atom stereocenters. The highest BCUT2D eigenvalue weighted by Gasteiger charge is 2.40. The van der Waals surface area contributed by atoms with Crippen molar-refractivity contribution >= 4 is 49.5 Å². The first-order chi connectivity index (χ1) is 13.0. The number of rotatable bonds is 4. The summed E-state index contributed by atoms with van der Waals surface area (Å²) in [6.07, 6.45) is 6.10. The molecule has 0 N–H and O–H groups in total. The van der Waals surface area contributed by atoms with Crippen LogP contribution in [0.4, 0.5) is 0 Å². The van der Waals surface area contributed by atoms with E-state index in [1.54, 1.807) is 0 Å². The molecule has 0 aromatic heterocycles. The van der Waals surface area contributed by atoms with Gasteiger partial charge in [0.05, 0.1) is 12.2 Å². The van der Waals surface area contributed by atoms with E-state index in [4.69, 9.17) is 4.74 Å². The van der Waals surface area contributed by atoms with Crippen molar-refractivity contribution in [1.29, 1.82) is 0 Å². The van der Waals surface area contributed by atoms with E-state index in [9.17, 15) is 4.79 Å². The summed E-state index contributed by atoms with van der Waals surface area (Å²) in [4.78, 5) is 11.8. The predicted molar refractivity (Wildman–Crippen MR) is 117 cm³/mol. The zero-order chi connectivity index (χ0) is 19.1. The average Bonchev–Trinajstić information content (AvgIpc) is 3.27. The average molecular weight is 490 g/mol. The molecule has 27 heavy (non-hydrogen) atoms. The maximum Gasteiger partial charge on any atom is 0.338 e. The molecule has 2 bridgehead atoms. The number of ether oxygens (including phenoxy) is 1. The fourth-order valence-corrected chi connectivity index (χ4v) is 6.26. The Hall–Kier alpha value is -1.39. The normalized spacial score (nSPS) is 20.7. The standard InChI is InChI=1S/C23H22Br2O2/c1-3-27-23(26)15-6-4-14(5-7-15)10-13(2)18-12-19(24)20-16-8-9-17(11-16)21(20)22(18)25/h4-7,10,12,16-17H,3,8-9,11H2,1-2H3/b13-10-. The Morgan fingerprint density at radius 2 is 1.81 bits per heavy atom. The molecule has 0 saturated heterocycles. The first kappa shape index (κ1) is 18.9. The minimum Gasteiger partial charge on any atom is -0.462 e. The smallest absolute Gasteiger partial charge is 0.338 e. The van der Waals surface area contributed by atoms with Gasteiger partial charge in [-0.3, -0.25) is 0 Å². The molecule has 2 aliphatic carbocycles. The van der Waals surface area contributed by atoms with Gasteiger partial charge in [0, 0.05) is 8.95 Å². The van der Waals surface area contributed by atoms with Gasteiger partial charge in [-0.2, -0.15) is 0 Å². The van der Waals surface area contributed by atoms with E-state index >= 15 is 0 Å². The second-order valence-electron chi connectivity index (χ2n) is 7.42. The van der Waals surface area contributed by atoms with E-state index in [-0.39, 0.29) is 5.97 Å². The van der Waals surface area contributed by atoms with Crippen LogP contribution in [-0.4, -0.2) is 12.6 Å². The highest BCUT2D eigenvalue weighted by molar-refractivity contribution is 9.11. The third kappa shape index (κ3) is 3.42. The van der Waals surface area contributed by atoms with Crippen molar-refractivity contribution < 1.29 is 9.53 Å². The summed E-state index contributed by atoms with van der Waals surface area (Å²) in [5.41, 5.74) is 7.14. The number of fused-ring (bicyclic) bond motifs is 5. The largest absolute Gasteiger partial charge is 0.462 e. The second kappa shape index (κ2) is 7.56. The van der Waals surface area contributed by atoms with Crippen molar-refractivity contribution in [3.8, 4) is 0 Å². The van der Waals surface area contributed by atoms with Crippen LogP contribution in [0.3, 0.4) is 0 Å². The number of halogens is 2. The van der Waals surface area contributed by atoms with Gasteiger partial charge >= 0.3 is 5.97 Å². The van der Waals surface area contributed by atoms with Crippen molar-refractivity contribution in [3.05, 3.63) is 67.1 Å². The van der Waals surface area contributed by atoms with Gasteiger partial charge in [0.15, 0.2) is 0 Å².